The molecule has 1 rings (SSSR count). The summed E-state index contributed by atoms with van der Waals surface area (Å²) in [5.41, 5.74) is 2.24. The third-order valence-electron chi connectivity index (χ3n) is 2.24. The Morgan fingerprint density at radius 3 is 2.44 bits per heavy atom. The first-order chi connectivity index (χ1) is 7.30. The van der Waals surface area contributed by atoms with Gasteiger partial charge in [0.2, 0.25) is 0 Å². The van der Waals surface area contributed by atoms with Gasteiger partial charge in [0.15, 0.2) is 0 Å². The van der Waals surface area contributed by atoms with Crippen molar-refractivity contribution in [3.63, 3.8) is 0 Å². The topological polar surface area (TPSA) is 27.6 Å². The van der Waals surface area contributed by atoms with Crippen molar-refractivity contribution >= 4 is 6.34 Å². The van der Waals surface area contributed by atoms with Crippen molar-refractivity contribution in [3.8, 4) is 0 Å². The van der Waals surface area contributed by atoms with Crippen LogP contribution in [0.3, 0.4) is 0 Å². The van der Waals surface area contributed by atoms with E-state index in [9.17, 15) is 22.0 Å². The van der Waals surface area contributed by atoms with Crippen LogP contribution in [0.5, 0.6) is 0 Å². The van der Waals surface area contributed by atoms with Gasteiger partial charge in [0, 0.05) is 0 Å². The summed E-state index contributed by atoms with van der Waals surface area (Å²) in [7, 11) is 0. The molecule has 1 atom stereocenters. The number of unbranched alkanes of at least 4 members (excludes halogenated alkanes) is 1. The molecule has 8 heteroatoms. The molecule has 1 aliphatic rings. The Balaban J connectivity index is 2.74. The van der Waals surface area contributed by atoms with E-state index in [0.29, 0.717) is 19.2 Å². The molecule has 3 nitrogen and oxygen atoms in total. The Hall–Kier alpha value is -1.08. The van der Waals surface area contributed by atoms with Crippen molar-refractivity contribution in [2.75, 3.05) is 0 Å². The number of alkyl halides is 5. The van der Waals surface area contributed by atoms with E-state index in [1.807, 2.05) is 6.92 Å². The van der Waals surface area contributed by atoms with Crippen molar-refractivity contribution in [2.24, 2.45) is 5.10 Å². The van der Waals surface area contributed by atoms with Gasteiger partial charge in [0.25, 0.3) is 0 Å². The van der Waals surface area contributed by atoms with Crippen LogP contribution in [-0.4, -0.2) is 29.6 Å². The highest BCUT2D eigenvalue weighted by Crippen LogP contribution is 2.39. The van der Waals surface area contributed by atoms with Gasteiger partial charge in [-0.05, 0) is 12.8 Å². The molecule has 0 bridgehead atoms. The Morgan fingerprint density at radius 1 is 1.31 bits per heavy atom. The summed E-state index contributed by atoms with van der Waals surface area (Å²) in [6, 6.07) is -4.89. The summed E-state index contributed by atoms with van der Waals surface area (Å²) in [6.45, 7) is 1.82. The molecule has 0 aromatic rings. The highest BCUT2D eigenvalue weighted by molar-refractivity contribution is 5.58. The Morgan fingerprint density at radius 2 is 1.94 bits per heavy atom. The van der Waals surface area contributed by atoms with Crippen LogP contribution in [0.15, 0.2) is 5.10 Å². The summed E-state index contributed by atoms with van der Waals surface area (Å²) in [6.07, 6.45) is -4.77. The highest BCUT2D eigenvalue weighted by atomic mass is 19.4. The lowest BCUT2D eigenvalue weighted by Crippen LogP contribution is -2.56. The third kappa shape index (κ3) is 2.35. The smallest absolute Gasteiger partial charge is 0.286 e. The summed E-state index contributed by atoms with van der Waals surface area (Å²) in [5.74, 6) is 0. The fraction of sp³-hybridized carbons (Fsp3) is 0.875. The number of nitrogens with one attached hydrogen (secondary N) is 1. The van der Waals surface area contributed by atoms with Gasteiger partial charge in [-0.15, -0.1) is 0 Å². The second-order valence-corrected chi connectivity index (χ2v) is 3.48. The first-order valence-electron chi connectivity index (χ1n) is 4.82. The van der Waals surface area contributed by atoms with Crippen molar-refractivity contribution in [2.45, 2.75) is 44.6 Å². The fourth-order valence-electron chi connectivity index (χ4n) is 1.34. The van der Waals surface area contributed by atoms with Crippen LogP contribution in [0.4, 0.5) is 22.0 Å². The average molecular weight is 245 g/mol. The summed E-state index contributed by atoms with van der Waals surface area (Å²) in [5, 5.41) is 3.25. The molecule has 0 fully saturated rings. The normalized spacial score (nSPS) is 21.4. The van der Waals surface area contributed by atoms with Gasteiger partial charge in [-0.25, -0.2) is 0 Å². The van der Waals surface area contributed by atoms with Crippen LogP contribution in [0.25, 0.3) is 0 Å². The number of hydrogen-bond acceptors (Lipinski definition) is 3. The van der Waals surface area contributed by atoms with Crippen LogP contribution in [0.1, 0.15) is 26.2 Å². The Kier molecular flexibility index (Phi) is 3.59. The maximum Gasteiger partial charge on any atom is 0.475 e. The van der Waals surface area contributed by atoms with E-state index >= 15 is 0 Å². The van der Waals surface area contributed by atoms with E-state index in [1.54, 1.807) is 0 Å². The first-order valence-corrected chi connectivity index (χ1v) is 4.82. The molecule has 16 heavy (non-hydrogen) atoms. The molecular weight excluding hydrogens is 233 g/mol. The maximum atomic E-state index is 13.0. The zero-order valence-corrected chi connectivity index (χ0v) is 8.56. The predicted octanol–water partition coefficient (Wildman–Crippen LogP) is 2.51. The second kappa shape index (κ2) is 4.42. The van der Waals surface area contributed by atoms with Crippen LogP contribution < -0.4 is 5.43 Å². The molecule has 0 saturated carbocycles. The van der Waals surface area contributed by atoms with Crippen LogP contribution in [0, 0.1) is 0 Å². The SMILES string of the molecule is CCCCC1NN=CN1C(F)(F)C(F)(F)F. The van der Waals surface area contributed by atoms with Crippen molar-refractivity contribution in [1.29, 1.82) is 0 Å². The van der Waals surface area contributed by atoms with E-state index in [4.69, 9.17) is 0 Å². The molecule has 1 N–H and O–H groups in total. The van der Waals surface area contributed by atoms with Gasteiger partial charge in [0.1, 0.15) is 12.5 Å². The highest BCUT2D eigenvalue weighted by Gasteiger charge is 2.63. The Labute approximate surface area is 89.3 Å². The monoisotopic (exact) mass is 245 g/mol. The van der Waals surface area contributed by atoms with Crippen LogP contribution >= 0.6 is 0 Å². The summed E-state index contributed by atoms with van der Waals surface area (Å²) >= 11 is 0. The van der Waals surface area contributed by atoms with Gasteiger partial charge < -0.3 is 0 Å². The second-order valence-electron chi connectivity index (χ2n) is 3.48. The third-order valence-corrected chi connectivity index (χ3v) is 2.24. The van der Waals surface area contributed by atoms with Crippen LogP contribution in [-0.2, 0) is 0 Å². The number of hydrazone groups is 1. The molecule has 94 valence electrons. The summed E-state index contributed by atoms with van der Waals surface area (Å²) < 4.78 is 62.3. The molecule has 0 saturated heterocycles. The van der Waals surface area contributed by atoms with Crippen molar-refractivity contribution in [1.82, 2.24) is 10.3 Å². The zero-order chi connectivity index (χ0) is 12.4. The number of nitrogens with zero attached hydrogens (tertiary/aromatic N) is 2. The maximum absolute atomic E-state index is 13.0. The first kappa shape index (κ1) is 13.0. The summed E-state index contributed by atoms with van der Waals surface area (Å²) in [4.78, 5) is -0.0807. The predicted molar refractivity (Wildman–Crippen MR) is 47.8 cm³/mol. The minimum Gasteiger partial charge on any atom is -0.286 e. The minimum atomic E-state index is -5.60. The lowest BCUT2D eigenvalue weighted by molar-refractivity contribution is -0.330. The van der Waals surface area contributed by atoms with Gasteiger partial charge in [-0.1, -0.05) is 13.3 Å². The molecule has 0 aliphatic carbocycles. The molecule has 1 heterocycles. The largest absolute Gasteiger partial charge is 0.475 e. The number of rotatable bonds is 4. The molecular formula is C8H12F5N3. The van der Waals surface area contributed by atoms with E-state index in [1.165, 1.54) is 0 Å². The van der Waals surface area contributed by atoms with Gasteiger partial charge in [-0.3, -0.25) is 10.3 Å². The lowest BCUT2D eigenvalue weighted by atomic mass is 10.2. The molecule has 0 aromatic carbocycles. The number of hydrogen-bond donors (Lipinski definition) is 1. The van der Waals surface area contributed by atoms with Gasteiger partial charge >= 0.3 is 12.2 Å². The van der Waals surface area contributed by atoms with Crippen molar-refractivity contribution in [3.05, 3.63) is 0 Å². The fourth-order valence-corrected chi connectivity index (χ4v) is 1.34. The molecule has 0 amide bonds. The standard InChI is InChI=1S/C8H12F5N3/c1-2-3-4-6-15-14-5-16(6)8(12,13)7(9,10)11/h5-6,15H,2-4H2,1H3. The van der Waals surface area contributed by atoms with E-state index in [-0.39, 0.29) is 11.3 Å². The average Bonchev–Trinajstić information content (AvgIpc) is 2.61. The quantitative estimate of drug-likeness (QED) is 0.608. The molecule has 1 unspecified atom stereocenters. The Bertz CT molecular complexity index is 263. The molecule has 0 radical (unpaired) electrons. The minimum absolute atomic E-state index is 0.0807. The van der Waals surface area contributed by atoms with E-state index in [2.05, 4.69) is 10.5 Å². The van der Waals surface area contributed by atoms with E-state index in [0.717, 1.165) is 0 Å². The van der Waals surface area contributed by atoms with E-state index < -0.39 is 18.4 Å². The molecule has 1 aliphatic heterocycles. The van der Waals surface area contributed by atoms with Crippen LogP contribution in [0.2, 0.25) is 0 Å². The number of halogens is 5. The van der Waals surface area contributed by atoms with Crippen molar-refractivity contribution < 1.29 is 22.0 Å². The molecule has 0 aromatic heterocycles. The van der Waals surface area contributed by atoms with Gasteiger partial charge in [0.05, 0.1) is 0 Å². The van der Waals surface area contributed by atoms with Gasteiger partial charge in [-0.2, -0.15) is 27.1 Å². The molecule has 0 spiro atoms. The lowest BCUT2D eigenvalue weighted by Gasteiger charge is -2.32. The zero-order valence-electron chi connectivity index (χ0n) is 8.56.